The molecule has 0 saturated heterocycles. The molecule has 0 aliphatic rings. The molecule has 0 aliphatic carbocycles. The molecule has 0 radical (unpaired) electrons. The number of nitrogens with zero attached hydrogens (tertiary/aromatic N) is 2. The lowest BCUT2D eigenvalue weighted by molar-refractivity contribution is 0.669. The summed E-state index contributed by atoms with van der Waals surface area (Å²) in [5, 5.41) is 6.83. The Hall–Kier alpha value is -5.02. The highest BCUT2D eigenvalue weighted by molar-refractivity contribution is 6.21. The minimum absolute atomic E-state index is 0.902. The highest BCUT2D eigenvalue weighted by atomic mass is 16.3. The number of aromatic nitrogens is 2. The van der Waals surface area contributed by atoms with E-state index in [1.165, 1.54) is 5.39 Å². The summed E-state index contributed by atoms with van der Waals surface area (Å²) in [5.74, 6) is 0. The van der Waals surface area contributed by atoms with Gasteiger partial charge in [0.05, 0.1) is 16.7 Å². The maximum Gasteiger partial charge on any atom is 0.135 e. The Morgan fingerprint density at radius 2 is 1.24 bits per heavy atom. The van der Waals surface area contributed by atoms with Crippen molar-refractivity contribution in [2.75, 3.05) is 0 Å². The van der Waals surface area contributed by atoms with Crippen molar-refractivity contribution in [3.8, 4) is 22.4 Å². The zero-order chi connectivity index (χ0) is 24.3. The molecule has 3 aromatic heterocycles. The zero-order valence-corrected chi connectivity index (χ0v) is 19.8. The van der Waals surface area contributed by atoms with E-state index in [-0.39, 0.29) is 0 Å². The van der Waals surface area contributed by atoms with Gasteiger partial charge < -0.3 is 4.42 Å². The Morgan fingerprint density at radius 1 is 0.514 bits per heavy atom. The van der Waals surface area contributed by atoms with E-state index in [2.05, 4.69) is 97.1 Å². The number of hydrogen-bond acceptors (Lipinski definition) is 3. The largest absolute Gasteiger partial charge is 0.456 e. The Kier molecular flexibility index (Phi) is 4.23. The molecule has 0 saturated carbocycles. The molecule has 0 unspecified atom stereocenters. The summed E-state index contributed by atoms with van der Waals surface area (Å²) in [7, 11) is 0. The van der Waals surface area contributed by atoms with Gasteiger partial charge >= 0.3 is 0 Å². The van der Waals surface area contributed by atoms with E-state index in [0.29, 0.717) is 0 Å². The van der Waals surface area contributed by atoms with Crippen LogP contribution >= 0.6 is 0 Å². The summed E-state index contributed by atoms with van der Waals surface area (Å²) in [6.45, 7) is 0. The lowest BCUT2D eigenvalue weighted by Crippen LogP contribution is -1.93. The minimum atomic E-state index is 0.902. The fraction of sp³-hybridized carbons (Fsp3) is 0. The monoisotopic (exact) mass is 472 g/mol. The van der Waals surface area contributed by atoms with Crippen LogP contribution in [0.25, 0.3) is 76.9 Å². The van der Waals surface area contributed by atoms with Crippen molar-refractivity contribution in [1.82, 2.24) is 9.97 Å². The Morgan fingerprint density at radius 3 is 2.16 bits per heavy atom. The van der Waals surface area contributed by atoms with Crippen LogP contribution in [-0.2, 0) is 0 Å². The second-order valence-corrected chi connectivity index (χ2v) is 9.44. The molecule has 0 atom stereocenters. The molecule has 3 nitrogen and oxygen atoms in total. The molecule has 0 amide bonds. The minimum Gasteiger partial charge on any atom is -0.456 e. The molecule has 0 N–H and O–H groups in total. The number of benzene rings is 5. The first-order valence-electron chi connectivity index (χ1n) is 12.4. The van der Waals surface area contributed by atoms with Crippen LogP contribution in [0.5, 0.6) is 0 Å². The van der Waals surface area contributed by atoms with Gasteiger partial charge in [0.15, 0.2) is 0 Å². The number of furan rings is 1. The summed E-state index contributed by atoms with van der Waals surface area (Å²) < 4.78 is 6.05. The second kappa shape index (κ2) is 7.74. The van der Waals surface area contributed by atoms with Crippen LogP contribution in [-0.4, -0.2) is 9.97 Å². The summed E-state index contributed by atoms with van der Waals surface area (Å²) in [6.07, 6.45) is 1.95. The van der Waals surface area contributed by atoms with Gasteiger partial charge in [-0.25, -0.2) is 4.98 Å². The van der Waals surface area contributed by atoms with Crippen molar-refractivity contribution in [3.05, 3.63) is 121 Å². The first-order chi connectivity index (χ1) is 18.3. The van der Waals surface area contributed by atoms with Crippen LogP contribution in [0.4, 0.5) is 0 Å². The zero-order valence-electron chi connectivity index (χ0n) is 19.8. The van der Waals surface area contributed by atoms with Crippen LogP contribution in [0.1, 0.15) is 0 Å². The molecule has 5 aromatic carbocycles. The van der Waals surface area contributed by atoms with E-state index >= 15 is 0 Å². The lowest BCUT2D eigenvalue weighted by Gasteiger charge is -2.13. The van der Waals surface area contributed by atoms with Crippen LogP contribution in [0.3, 0.4) is 0 Å². The predicted octanol–water partition coefficient (Wildman–Crippen LogP) is 9.17. The third-order valence-corrected chi connectivity index (χ3v) is 7.28. The number of fused-ring (bicyclic) bond motifs is 8. The molecule has 8 aromatic rings. The molecular weight excluding hydrogens is 452 g/mol. The first-order valence-corrected chi connectivity index (χ1v) is 12.4. The van der Waals surface area contributed by atoms with E-state index < -0.39 is 0 Å². The summed E-state index contributed by atoms with van der Waals surface area (Å²) >= 11 is 0. The summed E-state index contributed by atoms with van der Waals surface area (Å²) in [5.41, 5.74) is 7.93. The van der Waals surface area contributed by atoms with Gasteiger partial charge in [-0.05, 0) is 40.8 Å². The summed E-state index contributed by atoms with van der Waals surface area (Å²) in [4.78, 5) is 10.1. The van der Waals surface area contributed by atoms with Crippen molar-refractivity contribution in [3.63, 3.8) is 0 Å². The van der Waals surface area contributed by atoms with Crippen molar-refractivity contribution in [1.29, 1.82) is 0 Å². The topological polar surface area (TPSA) is 38.9 Å². The van der Waals surface area contributed by atoms with Gasteiger partial charge in [-0.15, -0.1) is 0 Å². The van der Waals surface area contributed by atoms with Crippen LogP contribution in [0.15, 0.2) is 126 Å². The Labute approximate surface area is 212 Å². The fourth-order valence-electron chi connectivity index (χ4n) is 5.51. The number of pyridine rings is 2. The quantitative estimate of drug-likeness (QED) is 0.235. The molecule has 0 fully saturated rings. The third kappa shape index (κ3) is 3.08. The van der Waals surface area contributed by atoms with Gasteiger partial charge in [-0.2, -0.15) is 0 Å². The smallest absolute Gasteiger partial charge is 0.135 e. The van der Waals surface area contributed by atoms with Crippen molar-refractivity contribution < 1.29 is 4.42 Å². The molecule has 8 rings (SSSR count). The number of rotatable bonds is 2. The number of hydrogen-bond donors (Lipinski definition) is 0. The van der Waals surface area contributed by atoms with Gasteiger partial charge in [0.1, 0.15) is 11.2 Å². The van der Waals surface area contributed by atoms with Gasteiger partial charge in [0, 0.05) is 38.7 Å². The van der Waals surface area contributed by atoms with Gasteiger partial charge in [0.2, 0.25) is 0 Å². The Balaban J connectivity index is 1.43. The van der Waals surface area contributed by atoms with E-state index in [4.69, 9.17) is 14.4 Å². The molecule has 172 valence electrons. The van der Waals surface area contributed by atoms with Gasteiger partial charge in [-0.3, -0.25) is 4.98 Å². The highest BCUT2D eigenvalue weighted by Crippen LogP contribution is 2.38. The standard InChI is InChI=1S/C34H20N2O/c1-2-8-21(9-3-1)33-34-32(25-11-5-4-10-24(25)20-35-34)27-16-14-23(19-29(27)36-33)22-15-17-31-28(18-22)26-12-6-7-13-30(26)37-31/h1-20H. The maximum atomic E-state index is 6.05. The van der Waals surface area contributed by atoms with E-state index in [1.54, 1.807) is 0 Å². The normalized spacial score (nSPS) is 11.8. The molecule has 3 heteroatoms. The average Bonchev–Trinajstić information content (AvgIpc) is 3.34. The van der Waals surface area contributed by atoms with Gasteiger partial charge in [-0.1, -0.05) is 91.0 Å². The lowest BCUT2D eigenvalue weighted by atomic mass is 9.96. The third-order valence-electron chi connectivity index (χ3n) is 7.28. The fourth-order valence-corrected chi connectivity index (χ4v) is 5.51. The van der Waals surface area contributed by atoms with Crippen LogP contribution in [0.2, 0.25) is 0 Å². The van der Waals surface area contributed by atoms with Crippen molar-refractivity contribution in [2.45, 2.75) is 0 Å². The molecule has 0 spiro atoms. The summed E-state index contributed by atoms with van der Waals surface area (Å²) in [6, 6.07) is 40.0. The molecule has 0 aliphatic heterocycles. The van der Waals surface area contributed by atoms with Crippen molar-refractivity contribution >= 4 is 54.5 Å². The van der Waals surface area contributed by atoms with Crippen molar-refractivity contribution in [2.24, 2.45) is 0 Å². The van der Waals surface area contributed by atoms with E-state index in [0.717, 1.165) is 71.5 Å². The average molecular weight is 473 g/mol. The van der Waals surface area contributed by atoms with Gasteiger partial charge in [0.25, 0.3) is 0 Å². The maximum absolute atomic E-state index is 6.05. The highest BCUT2D eigenvalue weighted by Gasteiger charge is 2.15. The molecule has 37 heavy (non-hydrogen) atoms. The van der Waals surface area contributed by atoms with E-state index in [9.17, 15) is 0 Å². The SMILES string of the molecule is c1ccc(-c2nc3cc(-c4ccc5oc6ccccc6c5c4)ccc3c3c2ncc2ccccc23)cc1. The predicted molar refractivity (Wildman–Crippen MR) is 153 cm³/mol. The van der Waals surface area contributed by atoms with E-state index in [1.807, 2.05) is 24.4 Å². The second-order valence-electron chi connectivity index (χ2n) is 9.44. The number of para-hydroxylation sites is 1. The molecule has 0 bridgehead atoms. The Bertz CT molecular complexity index is 2140. The van der Waals surface area contributed by atoms with Crippen LogP contribution in [0, 0.1) is 0 Å². The molecule has 3 heterocycles. The first kappa shape index (κ1) is 20.2. The van der Waals surface area contributed by atoms with Crippen LogP contribution < -0.4 is 0 Å². The molecular formula is C34H20N2O.